The summed E-state index contributed by atoms with van der Waals surface area (Å²) in [4.78, 5) is 11.2. The fourth-order valence-corrected chi connectivity index (χ4v) is 2.64. The van der Waals surface area contributed by atoms with Crippen molar-refractivity contribution >= 4 is 17.5 Å². The molecule has 1 aliphatic heterocycles. The van der Waals surface area contributed by atoms with Gasteiger partial charge in [0.15, 0.2) is 5.82 Å². The fourth-order valence-electron chi connectivity index (χ4n) is 2.64. The lowest BCUT2D eigenvalue weighted by molar-refractivity contribution is 0.349. The SMILES string of the molecule is C[C](C)CN1CCC(Nc2nc(NC(C)(C)C)ncc2N)C1. The molecule has 1 aromatic heterocycles. The Kier molecular flexibility index (Phi) is 5.11. The van der Waals surface area contributed by atoms with Crippen LogP contribution in [-0.4, -0.2) is 46.1 Å². The van der Waals surface area contributed by atoms with Crippen molar-refractivity contribution in [3.8, 4) is 0 Å². The number of nitrogen functional groups attached to an aromatic ring is 1. The van der Waals surface area contributed by atoms with Crippen molar-refractivity contribution in [2.24, 2.45) is 0 Å². The van der Waals surface area contributed by atoms with Crippen LogP contribution in [0.15, 0.2) is 6.20 Å². The first-order chi connectivity index (χ1) is 10.2. The Morgan fingerprint density at radius 1 is 1.41 bits per heavy atom. The van der Waals surface area contributed by atoms with Crippen molar-refractivity contribution in [3.63, 3.8) is 0 Å². The smallest absolute Gasteiger partial charge is 0.225 e. The first-order valence-electron chi connectivity index (χ1n) is 7.91. The molecular weight excluding hydrogens is 276 g/mol. The second kappa shape index (κ2) is 6.69. The number of hydrogen-bond donors (Lipinski definition) is 3. The molecule has 0 amide bonds. The van der Waals surface area contributed by atoms with Crippen LogP contribution in [-0.2, 0) is 0 Å². The molecule has 0 aliphatic carbocycles. The van der Waals surface area contributed by atoms with Crippen LogP contribution in [0.1, 0.15) is 41.0 Å². The summed E-state index contributed by atoms with van der Waals surface area (Å²) in [7, 11) is 0. The largest absolute Gasteiger partial charge is 0.394 e. The van der Waals surface area contributed by atoms with E-state index in [9.17, 15) is 0 Å². The van der Waals surface area contributed by atoms with Gasteiger partial charge in [-0.05, 0) is 33.1 Å². The maximum absolute atomic E-state index is 6.01. The summed E-state index contributed by atoms with van der Waals surface area (Å²) in [6.45, 7) is 13.8. The van der Waals surface area contributed by atoms with Crippen LogP contribution in [0, 0.1) is 5.92 Å². The molecule has 1 fully saturated rings. The van der Waals surface area contributed by atoms with Gasteiger partial charge in [-0.25, -0.2) is 4.98 Å². The Labute approximate surface area is 133 Å². The quantitative estimate of drug-likeness (QED) is 0.775. The van der Waals surface area contributed by atoms with Crippen LogP contribution < -0.4 is 16.4 Å². The number of nitrogens with two attached hydrogens (primary N) is 1. The van der Waals surface area contributed by atoms with Gasteiger partial charge < -0.3 is 21.3 Å². The van der Waals surface area contributed by atoms with E-state index in [4.69, 9.17) is 5.73 Å². The predicted octanol–water partition coefficient (Wildman–Crippen LogP) is 2.37. The van der Waals surface area contributed by atoms with Gasteiger partial charge >= 0.3 is 0 Å². The molecule has 1 aliphatic rings. The van der Waals surface area contributed by atoms with Crippen LogP contribution >= 0.6 is 0 Å². The molecule has 1 radical (unpaired) electrons. The summed E-state index contributed by atoms with van der Waals surface area (Å²) in [6.07, 6.45) is 2.78. The Morgan fingerprint density at radius 3 is 2.77 bits per heavy atom. The minimum absolute atomic E-state index is 0.0774. The maximum atomic E-state index is 6.01. The van der Waals surface area contributed by atoms with Gasteiger partial charge in [0.05, 0.1) is 11.9 Å². The average molecular weight is 305 g/mol. The highest BCUT2D eigenvalue weighted by Crippen LogP contribution is 2.22. The summed E-state index contributed by atoms with van der Waals surface area (Å²) in [5.41, 5.74) is 6.53. The van der Waals surface area contributed by atoms with Crippen LogP contribution in [0.3, 0.4) is 0 Å². The lowest BCUT2D eigenvalue weighted by Crippen LogP contribution is -2.30. The molecule has 1 unspecified atom stereocenters. The van der Waals surface area contributed by atoms with E-state index in [-0.39, 0.29) is 5.54 Å². The van der Waals surface area contributed by atoms with Crippen molar-refractivity contribution < 1.29 is 0 Å². The third kappa shape index (κ3) is 5.02. The normalized spacial score (nSPS) is 19.6. The first kappa shape index (κ1) is 16.8. The molecule has 1 saturated heterocycles. The topological polar surface area (TPSA) is 79.1 Å². The zero-order chi connectivity index (χ0) is 16.3. The fraction of sp³-hybridized carbons (Fsp3) is 0.688. The molecule has 2 heterocycles. The molecule has 6 heteroatoms. The van der Waals surface area contributed by atoms with Gasteiger partial charge in [0, 0.05) is 31.2 Å². The third-order valence-electron chi connectivity index (χ3n) is 3.46. The third-order valence-corrected chi connectivity index (χ3v) is 3.46. The summed E-state index contributed by atoms with van der Waals surface area (Å²) in [6, 6.07) is 0.388. The minimum atomic E-state index is -0.0774. The average Bonchev–Trinajstić information content (AvgIpc) is 2.78. The molecule has 123 valence electrons. The molecule has 0 bridgehead atoms. The van der Waals surface area contributed by atoms with Gasteiger partial charge in [-0.15, -0.1) is 0 Å². The van der Waals surface area contributed by atoms with E-state index in [0.29, 0.717) is 17.7 Å². The first-order valence-corrected chi connectivity index (χ1v) is 7.91. The van der Waals surface area contributed by atoms with Crippen molar-refractivity contribution in [2.75, 3.05) is 36.0 Å². The van der Waals surface area contributed by atoms with E-state index in [0.717, 1.165) is 31.9 Å². The number of aromatic nitrogens is 2. The number of nitrogens with one attached hydrogen (secondary N) is 2. The van der Waals surface area contributed by atoms with Crippen LogP contribution in [0.25, 0.3) is 0 Å². The Morgan fingerprint density at radius 2 is 2.14 bits per heavy atom. The van der Waals surface area contributed by atoms with E-state index in [2.05, 4.69) is 60.1 Å². The van der Waals surface area contributed by atoms with E-state index in [1.807, 2.05) is 0 Å². The number of likely N-dealkylation sites (tertiary alicyclic amines) is 1. The molecule has 1 atom stereocenters. The predicted molar refractivity (Wildman–Crippen MR) is 92.9 cm³/mol. The molecular formula is C16H29N6. The highest BCUT2D eigenvalue weighted by molar-refractivity contribution is 5.62. The molecule has 1 aromatic rings. The van der Waals surface area contributed by atoms with Gasteiger partial charge in [0.1, 0.15) is 0 Å². The molecule has 22 heavy (non-hydrogen) atoms. The highest BCUT2D eigenvalue weighted by Gasteiger charge is 2.24. The second-order valence-electron chi connectivity index (χ2n) is 7.44. The van der Waals surface area contributed by atoms with E-state index in [1.54, 1.807) is 6.20 Å². The van der Waals surface area contributed by atoms with E-state index >= 15 is 0 Å². The Hall–Kier alpha value is -1.56. The van der Waals surface area contributed by atoms with Crippen LogP contribution in [0.5, 0.6) is 0 Å². The Bertz CT molecular complexity index is 494. The number of nitrogens with zero attached hydrogens (tertiary/aromatic N) is 3. The molecule has 0 spiro atoms. The lowest BCUT2D eigenvalue weighted by Gasteiger charge is -2.22. The van der Waals surface area contributed by atoms with Gasteiger partial charge in [-0.1, -0.05) is 13.8 Å². The summed E-state index contributed by atoms with van der Waals surface area (Å²) < 4.78 is 0. The van der Waals surface area contributed by atoms with Crippen molar-refractivity contribution in [1.29, 1.82) is 0 Å². The summed E-state index contributed by atoms with van der Waals surface area (Å²) >= 11 is 0. The molecule has 0 saturated carbocycles. The molecule has 0 aromatic carbocycles. The van der Waals surface area contributed by atoms with Crippen molar-refractivity contribution in [2.45, 2.75) is 52.6 Å². The van der Waals surface area contributed by atoms with Gasteiger partial charge in [-0.3, -0.25) is 0 Å². The molecule has 6 nitrogen and oxygen atoms in total. The monoisotopic (exact) mass is 305 g/mol. The minimum Gasteiger partial charge on any atom is -0.394 e. The van der Waals surface area contributed by atoms with Crippen LogP contribution in [0.2, 0.25) is 0 Å². The van der Waals surface area contributed by atoms with Crippen molar-refractivity contribution in [3.05, 3.63) is 12.1 Å². The lowest BCUT2D eigenvalue weighted by atomic mass is 10.1. The number of hydrogen-bond acceptors (Lipinski definition) is 6. The van der Waals surface area contributed by atoms with Crippen LogP contribution in [0.4, 0.5) is 17.5 Å². The van der Waals surface area contributed by atoms with E-state index < -0.39 is 0 Å². The van der Waals surface area contributed by atoms with Crippen molar-refractivity contribution in [1.82, 2.24) is 14.9 Å². The maximum Gasteiger partial charge on any atom is 0.225 e. The summed E-state index contributed by atoms with van der Waals surface area (Å²) in [5.74, 6) is 2.78. The molecule has 4 N–H and O–H groups in total. The molecule has 2 rings (SSSR count). The highest BCUT2D eigenvalue weighted by atomic mass is 15.2. The van der Waals surface area contributed by atoms with Gasteiger partial charge in [0.25, 0.3) is 0 Å². The Balaban J connectivity index is 1.99. The number of rotatable bonds is 5. The zero-order valence-electron chi connectivity index (χ0n) is 14.4. The zero-order valence-corrected chi connectivity index (χ0v) is 14.4. The number of anilines is 3. The van der Waals surface area contributed by atoms with E-state index in [1.165, 1.54) is 5.92 Å². The van der Waals surface area contributed by atoms with Gasteiger partial charge in [-0.2, -0.15) is 4.98 Å². The van der Waals surface area contributed by atoms with Gasteiger partial charge in [0.2, 0.25) is 5.95 Å². The second-order valence-corrected chi connectivity index (χ2v) is 7.44. The summed E-state index contributed by atoms with van der Waals surface area (Å²) in [5, 5.41) is 6.75. The standard InChI is InChI=1S/C16H29N6/c1-11(2)9-22-7-6-12(10-22)19-14-13(17)8-18-15(20-14)21-16(3,4)5/h8,12H,6-7,9-10,17H2,1-5H3,(H2,18,19,20,21).